The maximum absolute atomic E-state index is 12.9. The monoisotopic (exact) mass is 551 g/mol. The first kappa shape index (κ1) is 30.1. The first-order valence-corrected chi connectivity index (χ1v) is 14.2. The Morgan fingerprint density at radius 1 is 0.872 bits per heavy atom. The Morgan fingerprint density at radius 3 is 2.23 bits per heavy atom. The van der Waals surface area contributed by atoms with E-state index in [4.69, 9.17) is 14.2 Å². The van der Waals surface area contributed by atoms with Crippen LogP contribution in [0.15, 0.2) is 89.8 Å². The van der Waals surface area contributed by atoms with Crippen LogP contribution in [-0.4, -0.2) is 66.8 Å². The van der Waals surface area contributed by atoms with Gasteiger partial charge in [-0.1, -0.05) is 60.7 Å². The molecule has 208 valence electrons. The molecule has 0 saturated heterocycles. The van der Waals surface area contributed by atoms with Crippen molar-refractivity contribution >= 4 is 23.8 Å². The maximum Gasteiger partial charge on any atom is 0.409 e. The van der Waals surface area contributed by atoms with E-state index in [0.717, 1.165) is 23.3 Å². The van der Waals surface area contributed by atoms with Gasteiger partial charge in [0.05, 0.1) is 13.2 Å². The van der Waals surface area contributed by atoms with Gasteiger partial charge in [-0.3, -0.25) is 0 Å². The van der Waals surface area contributed by atoms with Crippen molar-refractivity contribution in [3.05, 3.63) is 96.1 Å². The summed E-state index contributed by atoms with van der Waals surface area (Å²) < 4.78 is 16.8. The van der Waals surface area contributed by atoms with Gasteiger partial charge in [-0.05, 0) is 54.5 Å². The predicted molar refractivity (Wildman–Crippen MR) is 154 cm³/mol. The molecule has 0 aliphatic carbocycles. The van der Waals surface area contributed by atoms with Crippen LogP contribution in [0.25, 0.3) is 0 Å². The molecule has 0 aliphatic rings. The van der Waals surface area contributed by atoms with Gasteiger partial charge in [0.25, 0.3) is 0 Å². The maximum atomic E-state index is 12.9. The second-order valence-corrected chi connectivity index (χ2v) is 10.00. The van der Waals surface area contributed by atoms with Crippen LogP contribution in [0.5, 0.6) is 5.75 Å². The Labute approximate surface area is 235 Å². The van der Waals surface area contributed by atoms with Gasteiger partial charge in [-0.25, -0.2) is 9.59 Å². The van der Waals surface area contributed by atoms with Crippen molar-refractivity contribution in [1.82, 2.24) is 4.90 Å². The van der Waals surface area contributed by atoms with Crippen molar-refractivity contribution in [3.8, 4) is 5.75 Å². The van der Waals surface area contributed by atoms with E-state index in [-0.39, 0.29) is 12.5 Å². The molecular formula is C31H37NO6S. The molecule has 1 unspecified atom stereocenters. The molecule has 0 saturated carbocycles. The van der Waals surface area contributed by atoms with Crippen LogP contribution >= 0.6 is 11.8 Å². The fourth-order valence-corrected chi connectivity index (χ4v) is 4.74. The summed E-state index contributed by atoms with van der Waals surface area (Å²) >= 11 is 1.76. The van der Waals surface area contributed by atoms with Gasteiger partial charge in [0.2, 0.25) is 0 Å². The van der Waals surface area contributed by atoms with E-state index in [0.29, 0.717) is 45.1 Å². The topological polar surface area (TPSA) is 85.3 Å². The summed E-state index contributed by atoms with van der Waals surface area (Å²) in [6.45, 7) is 3.72. The smallest absolute Gasteiger partial charge is 0.409 e. The number of ether oxygens (including phenoxy) is 3. The highest BCUT2D eigenvalue weighted by Gasteiger charge is 2.18. The summed E-state index contributed by atoms with van der Waals surface area (Å²) in [5.74, 6) is 0.563. The summed E-state index contributed by atoms with van der Waals surface area (Å²) in [5.41, 5.74) is 1.97. The molecule has 39 heavy (non-hydrogen) atoms. The molecule has 0 aliphatic heterocycles. The van der Waals surface area contributed by atoms with Crippen molar-refractivity contribution in [2.75, 3.05) is 38.7 Å². The Kier molecular flexibility index (Phi) is 13.2. The normalized spacial score (nSPS) is 11.5. The van der Waals surface area contributed by atoms with E-state index in [9.17, 15) is 14.7 Å². The van der Waals surface area contributed by atoms with E-state index in [1.165, 1.54) is 4.90 Å². The van der Waals surface area contributed by atoms with Crippen LogP contribution in [-0.2, 0) is 27.1 Å². The van der Waals surface area contributed by atoms with E-state index < -0.39 is 12.1 Å². The quantitative estimate of drug-likeness (QED) is 0.164. The minimum absolute atomic E-state index is 0.285. The highest BCUT2D eigenvalue weighted by molar-refractivity contribution is 7.99. The fourth-order valence-electron chi connectivity index (χ4n) is 3.88. The standard InChI is InChI=1S/C31H37NO6S/c1-2-36-29(30(33)34)24-26-14-16-27(17-15-26)37-22-20-32(19-9-23-39-28-12-7-4-8-13-28)31(35)38-21-18-25-10-5-3-6-11-25/h3-8,10-17,29H,2,9,18-24H2,1H3,(H,33,34). The largest absolute Gasteiger partial charge is 0.492 e. The average molecular weight is 552 g/mol. The molecule has 0 spiro atoms. The number of thioether (sulfide) groups is 1. The number of carbonyl (C=O) groups excluding carboxylic acids is 1. The van der Waals surface area contributed by atoms with Gasteiger partial charge in [0.15, 0.2) is 6.10 Å². The second kappa shape index (κ2) is 17.2. The van der Waals surface area contributed by atoms with Crippen molar-refractivity contribution in [2.24, 2.45) is 0 Å². The lowest BCUT2D eigenvalue weighted by Gasteiger charge is -2.22. The van der Waals surface area contributed by atoms with Crippen LogP contribution in [0, 0.1) is 0 Å². The number of aliphatic carboxylic acids is 1. The molecular weight excluding hydrogens is 514 g/mol. The zero-order chi connectivity index (χ0) is 27.7. The Bertz CT molecular complexity index is 1110. The number of rotatable bonds is 17. The van der Waals surface area contributed by atoms with E-state index in [1.807, 2.05) is 60.7 Å². The van der Waals surface area contributed by atoms with Crippen LogP contribution in [0.4, 0.5) is 4.79 Å². The van der Waals surface area contributed by atoms with Gasteiger partial charge in [0.1, 0.15) is 12.4 Å². The molecule has 3 rings (SSSR count). The van der Waals surface area contributed by atoms with Gasteiger partial charge >= 0.3 is 12.1 Å². The molecule has 0 bridgehead atoms. The fraction of sp³-hybridized carbons (Fsp3) is 0.355. The third kappa shape index (κ3) is 11.4. The lowest BCUT2D eigenvalue weighted by atomic mass is 10.1. The number of carbonyl (C=O) groups is 2. The van der Waals surface area contributed by atoms with Crippen molar-refractivity contribution < 1.29 is 28.9 Å². The molecule has 3 aromatic rings. The van der Waals surface area contributed by atoms with Gasteiger partial charge in [-0.15, -0.1) is 11.8 Å². The van der Waals surface area contributed by atoms with Crippen LogP contribution in [0.2, 0.25) is 0 Å². The number of nitrogens with zero attached hydrogens (tertiary/aromatic N) is 1. The Morgan fingerprint density at radius 2 is 1.56 bits per heavy atom. The number of benzene rings is 3. The third-order valence-corrected chi connectivity index (χ3v) is 7.02. The molecule has 3 aromatic carbocycles. The summed E-state index contributed by atoms with van der Waals surface area (Å²) in [6, 6.07) is 27.4. The molecule has 1 atom stereocenters. The van der Waals surface area contributed by atoms with Gasteiger partial charge in [-0.2, -0.15) is 0 Å². The lowest BCUT2D eigenvalue weighted by molar-refractivity contribution is -0.149. The molecule has 0 heterocycles. The Balaban J connectivity index is 1.48. The zero-order valence-electron chi connectivity index (χ0n) is 22.4. The number of carboxylic acid groups (broad SMARTS) is 1. The number of amides is 1. The molecule has 0 radical (unpaired) electrons. The van der Waals surface area contributed by atoms with E-state index >= 15 is 0 Å². The average Bonchev–Trinajstić information content (AvgIpc) is 2.96. The third-order valence-electron chi connectivity index (χ3n) is 5.92. The van der Waals surface area contributed by atoms with E-state index in [2.05, 4.69) is 12.1 Å². The Hall–Kier alpha value is -3.49. The van der Waals surface area contributed by atoms with Gasteiger partial charge < -0.3 is 24.2 Å². The molecule has 1 N–H and O–H groups in total. The lowest BCUT2D eigenvalue weighted by Crippen LogP contribution is -2.36. The molecule has 7 nitrogen and oxygen atoms in total. The van der Waals surface area contributed by atoms with Crippen molar-refractivity contribution in [2.45, 2.75) is 37.2 Å². The van der Waals surface area contributed by atoms with Crippen LogP contribution < -0.4 is 4.74 Å². The highest BCUT2D eigenvalue weighted by Crippen LogP contribution is 2.18. The van der Waals surface area contributed by atoms with Crippen molar-refractivity contribution in [1.29, 1.82) is 0 Å². The SMILES string of the molecule is CCOC(Cc1ccc(OCCN(CCCSc2ccccc2)C(=O)OCCc2ccccc2)cc1)C(=O)O. The summed E-state index contributed by atoms with van der Waals surface area (Å²) in [5, 5.41) is 9.29. The van der Waals surface area contributed by atoms with Gasteiger partial charge in [0, 0.05) is 30.9 Å². The first-order chi connectivity index (χ1) is 19.0. The van der Waals surface area contributed by atoms with Crippen LogP contribution in [0.3, 0.4) is 0 Å². The second-order valence-electron chi connectivity index (χ2n) is 8.83. The molecule has 0 aromatic heterocycles. The molecule has 1 amide bonds. The summed E-state index contributed by atoms with van der Waals surface area (Å²) in [4.78, 5) is 27.1. The van der Waals surface area contributed by atoms with Crippen LogP contribution in [0.1, 0.15) is 24.5 Å². The highest BCUT2D eigenvalue weighted by atomic mass is 32.2. The first-order valence-electron chi connectivity index (χ1n) is 13.2. The zero-order valence-corrected chi connectivity index (χ0v) is 23.2. The minimum Gasteiger partial charge on any atom is -0.492 e. The molecule has 8 heteroatoms. The number of carboxylic acids is 1. The summed E-state index contributed by atoms with van der Waals surface area (Å²) in [7, 11) is 0. The number of hydrogen-bond donors (Lipinski definition) is 1. The molecule has 0 fully saturated rings. The predicted octanol–water partition coefficient (Wildman–Crippen LogP) is 5.96. The minimum atomic E-state index is -0.977. The van der Waals surface area contributed by atoms with Crippen molar-refractivity contribution in [3.63, 3.8) is 0 Å². The van der Waals surface area contributed by atoms with E-state index in [1.54, 1.807) is 35.7 Å². The summed E-state index contributed by atoms with van der Waals surface area (Å²) in [6.07, 6.45) is 0.562. The number of hydrogen-bond acceptors (Lipinski definition) is 6.